The summed E-state index contributed by atoms with van der Waals surface area (Å²) in [6, 6.07) is 7.46. The van der Waals surface area contributed by atoms with Crippen molar-refractivity contribution in [2.45, 2.75) is 69.2 Å². The van der Waals surface area contributed by atoms with Gasteiger partial charge < -0.3 is 4.90 Å². The van der Waals surface area contributed by atoms with E-state index in [2.05, 4.69) is 4.90 Å². The fraction of sp³-hybridized carbons (Fsp3) is 0.682. The van der Waals surface area contributed by atoms with Crippen molar-refractivity contribution in [3.63, 3.8) is 0 Å². The Morgan fingerprint density at radius 1 is 0.893 bits per heavy atom. The lowest BCUT2D eigenvalue weighted by atomic mass is 9.77. The molecule has 6 heteroatoms. The second-order valence-corrected chi connectivity index (χ2v) is 10.7. The van der Waals surface area contributed by atoms with Gasteiger partial charge in [0.1, 0.15) is 0 Å². The maximum atomic E-state index is 13.2. The molecule has 1 aromatic rings. The molecule has 0 aromatic heterocycles. The first-order valence-corrected chi connectivity index (χ1v) is 12.3. The van der Waals surface area contributed by atoms with E-state index in [-0.39, 0.29) is 11.8 Å². The van der Waals surface area contributed by atoms with E-state index in [0.717, 1.165) is 24.9 Å². The zero-order chi connectivity index (χ0) is 19.7. The van der Waals surface area contributed by atoms with Gasteiger partial charge >= 0.3 is 0 Å². The number of benzene rings is 1. The highest BCUT2D eigenvalue weighted by molar-refractivity contribution is 7.89. The summed E-state index contributed by atoms with van der Waals surface area (Å²) in [6.07, 6.45) is 8.61. The molecule has 3 aliphatic rings. The molecule has 0 radical (unpaired) electrons. The Hall–Kier alpha value is -1.40. The number of carbonyl (C=O) groups is 1. The van der Waals surface area contributed by atoms with E-state index in [9.17, 15) is 13.2 Å². The summed E-state index contributed by atoms with van der Waals surface area (Å²) in [5.74, 6) is 0.947. The maximum Gasteiger partial charge on any atom is 0.243 e. The highest BCUT2D eigenvalue weighted by Crippen LogP contribution is 2.37. The van der Waals surface area contributed by atoms with Crippen LogP contribution in [0.2, 0.25) is 0 Å². The van der Waals surface area contributed by atoms with Gasteiger partial charge in [0.05, 0.1) is 4.90 Å². The molecule has 28 heavy (non-hydrogen) atoms. The van der Waals surface area contributed by atoms with Crippen molar-refractivity contribution in [3.05, 3.63) is 29.8 Å². The minimum Gasteiger partial charge on any atom is -0.339 e. The second-order valence-electron chi connectivity index (χ2n) is 8.78. The maximum absolute atomic E-state index is 13.2. The van der Waals surface area contributed by atoms with Crippen LogP contribution < -0.4 is 0 Å². The Kier molecular flexibility index (Phi) is 5.79. The summed E-state index contributed by atoms with van der Waals surface area (Å²) < 4.78 is 27.3. The Morgan fingerprint density at radius 2 is 1.54 bits per heavy atom. The number of hydrogen-bond donors (Lipinski definition) is 0. The Morgan fingerprint density at radius 3 is 2.25 bits per heavy atom. The highest BCUT2D eigenvalue weighted by Gasteiger charge is 2.39. The molecule has 0 spiro atoms. The van der Waals surface area contributed by atoms with Crippen molar-refractivity contribution in [2.75, 3.05) is 19.6 Å². The minimum absolute atomic E-state index is 0.0230. The first kappa shape index (κ1) is 19.9. The van der Waals surface area contributed by atoms with E-state index in [1.165, 1.54) is 25.7 Å². The molecule has 0 N–H and O–H groups in total. The molecule has 5 nitrogen and oxygen atoms in total. The predicted octanol–water partition coefficient (Wildman–Crippen LogP) is 3.58. The van der Waals surface area contributed by atoms with E-state index >= 15 is 0 Å². The smallest absolute Gasteiger partial charge is 0.243 e. The third kappa shape index (κ3) is 3.86. The quantitative estimate of drug-likeness (QED) is 0.774. The van der Waals surface area contributed by atoms with Crippen molar-refractivity contribution in [1.82, 2.24) is 9.21 Å². The van der Waals surface area contributed by atoms with Gasteiger partial charge in [-0.05, 0) is 63.5 Å². The molecule has 3 fully saturated rings. The van der Waals surface area contributed by atoms with Crippen LogP contribution in [0.1, 0.15) is 56.9 Å². The van der Waals surface area contributed by atoms with E-state index in [4.69, 9.17) is 0 Å². The molecule has 4 rings (SSSR count). The molecular weight excluding hydrogens is 372 g/mol. The Bertz CT molecular complexity index is 796. The monoisotopic (exact) mass is 404 g/mol. The molecule has 2 heterocycles. The van der Waals surface area contributed by atoms with Gasteiger partial charge in [-0.25, -0.2) is 8.42 Å². The SMILES string of the molecule is Cc1ccc(S(=O)(=O)N2CCC(C(=O)N3CCCC4CCCCC43)CC2)cc1. The average Bonchev–Trinajstić information content (AvgIpc) is 2.73. The normalized spacial score (nSPS) is 27.4. The van der Waals surface area contributed by atoms with Crippen LogP contribution in [0, 0.1) is 18.8 Å². The summed E-state index contributed by atoms with van der Waals surface area (Å²) in [5.41, 5.74) is 1.05. The van der Waals surface area contributed by atoms with Crippen molar-refractivity contribution in [3.8, 4) is 0 Å². The topological polar surface area (TPSA) is 57.7 Å². The molecule has 2 unspecified atom stereocenters. The first-order chi connectivity index (χ1) is 13.5. The zero-order valence-corrected chi connectivity index (χ0v) is 17.7. The van der Waals surface area contributed by atoms with Crippen LogP contribution in [-0.2, 0) is 14.8 Å². The van der Waals surface area contributed by atoms with Gasteiger partial charge in [-0.2, -0.15) is 4.31 Å². The molecule has 1 aromatic carbocycles. The van der Waals surface area contributed by atoms with Crippen LogP contribution in [0.4, 0.5) is 0 Å². The van der Waals surface area contributed by atoms with Crippen LogP contribution in [-0.4, -0.2) is 49.2 Å². The van der Waals surface area contributed by atoms with Crippen LogP contribution in [0.15, 0.2) is 29.2 Å². The van der Waals surface area contributed by atoms with Crippen molar-refractivity contribution < 1.29 is 13.2 Å². The van der Waals surface area contributed by atoms with E-state index in [1.807, 2.05) is 19.1 Å². The number of nitrogens with zero attached hydrogens (tertiary/aromatic N) is 2. The van der Waals surface area contributed by atoms with Crippen LogP contribution in [0.25, 0.3) is 0 Å². The number of likely N-dealkylation sites (tertiary alicyclic amines) is 1. The summed E-state index contributed by atoms with van der Waals surface area (Å²) in [6.45, 7) is 3.72. The summed E-state index contributed by atoms with van der Waals surface area (Å²) >= 11 is 0. The molecule has 1 amide bonds. The van der Waals surface area contributed by atoms with Gasteiger partial charge in [-0.1, -0.05) is 30.5 Å². The summed E-state index contributed by atoms with van der Waals surface area (Å²) in [5, 5.41) is 0. The van der Waals surface area contributed by atoms with Crippen molar-refractivity contribution >= 4 is 15.9 Å². The van der Waals surface area contributed by atoms with Gasteiger partial charge in [0.15, 0.2) is 0 Å². The molecule has 2 atom stereocenters. The largest absolute Gasteiger partial charge is 0.339 e. The number of sulfonamides is 1. The number of hydrogen-bond acceptors (Lipinski definition) is 3. The van der Waals surface area contributed by atoms with Crippen molar-refractivity contribution in [2.24, 2.45) is 11.8 Å². The second kappa shape index (κ2) is 8.15. The average molecular weight is 405 g/mol. The van der Waals surface area contributed by atoms with Crippen LogP contribution in [0.3, 0.4) is 0 Å². The van der Waals surface area contributed by atoms with Gasteiger partial charge in [0.25, 0.3) is 0 Å². The summed E-state index contributed by atoms with van der Waals surface area (Å²) in [7, 11) is -3.46. The van der Waals surface area contributed by atoms with E-state index in [0.29, 0.717) is 42.8 Å². The van der Waals surface area contributed by atoms with Gasteiger partial charge in [-0.15, -0.1) is 0 Å². The lowest BCUT2D eigenvalue weighted by Crippen LogP contribution is -2.53. The highest BCUT2D eigenvalue weighted by atomic mass is 32.2. The predicted molar refractivity (Wildman–Crippen MR) is 109 cm³/mol. The van der Waals surface area contributed by atoms with Crippen LogP contribution >= 0.6 is 0 Å². The number of aryl methyl sites for hydroxylation is 1. The molecule has 1 saturated carbocycles. The number of piperidine rings is 2. The lowest BCUT2D eigenvalue weighted by Gasteiger charge is -2.46. The standard InChI is InChI=1S/C22H32N2O3S/c1-17-8-10-20(11-9-17)28(26,27)23-15-12-19(13-16-23)22(25)24-14-4-6-18-5-2-3-7-21(18)24/h8-11,18-19,21H,2-7,12-16H2,1H3. The number of rotatable bonds is 3. The third-order valence-electron chi connectivity index (χ3n) is 6.99. The molecule has 1 aliphatic carbocycles. The minimum atomic E-state index is -3.46. The van der Waals surface area contributed by atoms with Crippen molar-refractivity contribution in [1.29, 1.82) is 0 Å². The first-order valence-electron chi connectivity index (χ1n) is 10.8. The molecule has 2 aliphatic heterocycles. The van der Waals surface area contributed by atoms with Gasteiger partial charge in [0, 0.05) is 31.6 Å². The molecule has 154 valence electrons. The van der Waals surface area contributed by atoms with Gasteiger partial charge in [-0.3, -0.25) is 4.79 Å². The van der Waals surface area contributed by atoms with Crippen LogP contribution in [0.5, 0.6) is 0 Å². The number of carbonyl (C=O) groups excluding carboxylic acids is 1. The Balaban J connectivity index is 1.39. The summed E-state index contributed by atoms with van der Waals surface area (Å²) in [4.78, 5) is 15.7. The number of amides is 1. The third-order valence-corrected chi connectivity index (χ3v) is 8.90. The lowest BCUT2D eigenvalue weighted by molar-refractivity contribution is -0.143. The fourth-order valence-corrected chi connectivity index (χ4v) is 6.81. The van der Waals surface area contributed by atoms with Gasteiger partial charge in [0.2, 0.25) is 15.9 Å². The Labute approximate surface area is 169 Å². The molecule has 2 saturated heterocycles. The number of fused-ring (bicyclic) bond motifs is 1. The van der Waals surface area contributed by atoms with E-state index in [1.54, 1.807) is 16.4 Å². The molecular formula is C22H32N2O3S. The van der Waals surface area contributed by atoms with E-state index < -0.39 is 10.0 Å². The molecule has 0 bridgehead atoms. The fourth-order valence-electron chi connectivity index (χ4n) is 5.34. The zero-order valence-electron chi connectivity index (χ0n) is 16.8.